The molecule has 1 aromatic heterocycles. The van der Waals surface area contributed by atoms with Gasteiger partial charge < -0.3 is 5.32 Å². The summed E-state index contributed by atoms with van der Waals surface area (Å²) in [6.45, 7) is 0.744. The van der Waals surface area contributed by atoms with Crippen molar-refractivity contribution in [2.75, 3.05) is 11.5 Å². The summed E-state index contributed by atoms with van der Waals surface area (Å²) < 4.78 is 22.4. The highest BCUT2D eigenvalue weighted by atomic mass is 32.2. The highest BCUT2D eigenvalue weighted by molar-refractivity contribution is 7.91. The van der Waals surface area contributed by atoms with E-state index in [1.807, 2.05) is 10.9 Å². The molecule has 1 saturated heterocycles. The molecule has 84 valence electrons. The van der Waals surface area contributed by atoms with E-state index in [2.05, 4.69) is 10.3 Å². The van der Waals surface area contributed by atoms with Gasteiger partial charge in [0.05, 0.1) is 22.7 Å². The lowest BCUT2D eigenvalue weighted by molar-refractivity contribution is 0.461. The van der Waals surface area contributed by atoms with E-state index in [-0.39, 0.29) is 0 Å². The van der Waals surface area contributed by atoms with Gasteiger partial charge in [-0.05, 0) is 12.8 Å². The molecule has 2 rings (SSSR count). The third-order valence-corrected chi connectivity index (χ3v) is 4.96. The van der Waals surface area contributed by atoms with E-state index >= 15 is 0 Å². The van der Waals surface area contributed by atoms with Gasteiger partial charge in [0.25, 0.3) is 0 Å². The molecule has 15 heavy (non-hydrogen) atoms. The van der Waals surface area contributed by atoms with E-state index in [1.54, 1.807) is 11.3 Å². The van der Waals surface area contributed by atoms with Crippen LogP contribution in [0.5, 0.6) is 0 Å². The van der Waals surface area contributed by atoms with E-state index in [0.29, 0.717) is 17.5 Å². The molecule has 0 unspecified atom stereocenters. The highest BCUT2D eigenvalue weighted by Crippen LogP contribution is 2.12. The van der Waals surface area contributed by atoms with E-state index in [9.17, 15) is 8.42 Å². The predicted octanol–water partition coefficient (Wildman–Crippen LogP) is 0.810. The Bertz CT molecular complexity index is 386. The zero-order valence-corrected chi connectivity index (χ0v) is 9.98. The van der Waals surface area contributed by atoms with Gasteiger partial charge in [0.15, 0.2) is 0 Å². The summed E-state index contributed by atoms with van der Waals surface area (Å²) in [5, 5.41) is 5.35. The average molecular weight is 246 g/mol. The van der Waals surface area contributed by atoms with Crippen LogP contribution < -0.4 is 5.32 Å². The van der Waals surface area contributed by atoms with Gasteiger partial charge in [-0.1, -0.05) is 0 Å². The van der Waals surface area contributed by atoms with Gasteiger partial charge in [-0.25, -0.2) is 13.4 Å². The monoisotopic (exact) mass is 246 g/mol. The quantitative estimate of drug-likeness (QED) is 0.857. The van der Waals surface area contributed by atoms with Crippen molar-refractivity contribution in [2.24, 2.45) is 0 Å². The van der Waals surface area contributed by atoms with Crippen molar-refractivity contribution in [3.63, 3.8) is 0 Å². The summed E-state index contributed by atoms with van der Waals surface area (Å²) in [5.74, 6) is 0.642. The van der Waals surface area contributed by atoms with Gasteiger partial charge in [-0.2, -0.15) is 0 Å². The fourth-order valence-electron chi connectivity index (χ4n) is 1.67. The molecule has 0 bridgehead atoms. The number of hydrogen-bond donors (Lipinski definition) is 1. The molecule has 0 amide bonds. The van der Waals surface area contributed by atoms with Crippen molar-refractivity contribution in [2.45, 2.75) is 25.4 Å². The third kappa shape index (κ3) is 3.25. The molecule has 0 radical (unpaired) electrons. The van der Waals surface area contributed by atoms with Crippen LogP contribution in [0.3, 0.4) is 0 Å². The maximum Gasteiger partial charge on any atom is 0.150 e. The highest BCUT2D eigenvalue weighted by Gasteiger charge is 2.22. The molecule has 4 nitrogen and oxygen atoms in total. The molecule has 0 saturated carbocycles. The fraction of sp³-hybridized carbons (Fsp3) is 0.667. The standard InChI is InChI=1S/C9H14N2O2S2/c12-15(13)3-1-8(2-4-15)10-5-9-6-14-7-11-9/h6-8,10H,1-5H2. The lowest BCUT2D eigenvalue weighted by Crippen LogP contribution is -2.37. The second-order valence-corrected chi connectivity index (χ2v) is 6.81. The van der Waals surface area contributed by atoms with Crippen LogP contribution in [0.2, 0.25) is 0 Å². The molecule has 1 aliphatic rings. The molecular formula is C9H14N2O2S2. The number of hydrogen-bond acceptors (Lipinski definition) is 5. The second-order valence-electron chi connectivity index (χ2n) is 3.79. The molecule has 1 aromatic rings. The van der Waals surface area contributed by atoms with E-state index < -0.39 is 9.84 Å². The van der Waals surface area contributed by atoms with Crippen molar-refractivity contribution in [3.05, 3.63) is 16.6 Å². The van der Waals surface area contributed by atoms with Crippen molar-refractivity contribution in [1.82, 2.24) is 10.3 Å². The van der Waals surface area contributed by atoms with Gasteiger partial charge in [-0.15, -0.1) is 11.3 Å². The molecule has 1 N–H and O–H groups in total. The number of sulfone groups is 1. The molecule has 0 aliphatic carbocycles. The van der Waals surface area contributed by atoms with Gasteiger partial charge in [0.2, 0.25) is 0 Å². The second kappa shape index (κ2) is 4.59. The smallest absolute Gasteiger partial charge is 0.150 e. The van der Waals surface area contributed by atoms with Crippen LogP contribution in [-0.4, -0.2) is 30.9 Å². The summed E-state index contributed by atoms with van der Waals surface area (Å²) in [5.41, 5.74) is 2.84. The SMILES string of the molecule is O=S1(=O)CCC(NCc2cscn2)CC1. The Morgan fingerprint density at radius 1 is 1.47 bits per heavy atom. The maximum absolute atomic E-state index is 11.2. The zero-order valence-electron chi connectivity index (χ0n) is 8.35. The minimum absolute atomic E-state index is 0.321. The van der Waals surface area contributed by atoms with Crippen molar-refractivity contribution in [1.29, 1.82) is 0 Å². The fourth-order valence-corrected chi connectivity index (χ4v) is 3.72. The summed E-state index contributed by atoms with van der Waals surface area (Å²) in [7, 11) is -2.74. The minimum Gasteiger partial charge on any atom is -0.308 e. The van der Waals surface area contributed by atoms with Crippen LogP contribution >= 0.6 is 11.3 Å². The first kappa shape index (κ1) is 11.0. The molecule has 1 aliphatic heterocycles. The molecule has 0 spiro atoms. The topological polar surface area (TPSA) is 59.1 Å². The number of nitrogens with one attached hydrogen (secondary N) is 1. The van der Waals surface area contributed by atoms with Crippen LogP contribution in [0.4, 0.5) is 0 Å². The number of aromatic nitrogens is 1. The van der Waals surface area contributed by atoms with Gasteiger partial charge in [0.1, 0.15) is 9.84 Å². The van der Waals surface area contributed by atoms with E-state index in [1.165, 1.54) is 0 Å². The average Bonchev–Trinajstić information content (AvgIpc) is 2.69. The molecule has 0 aromatic carbocycles. The normalized spacial score (nSPS) is 21.6. The number of rotatable bonds is 3. The van der Waals surface area contributed by atoms with Crippen molar-refractivity contribution in [3.8, 4) is 0 Å². The summed E-state index contributed by atoms with van der Waals surface area (Å²) >= 11 is 1.58. The maximum atomic E-state index is 11.2. The Hall–Kier alpha value is -0.460. The minimum atomic E-state index is -2.74. The Balaban J connectivity index is 1.78. The summed E-state index contributed by atoms with van der Waals surface area (Å²) in [6.07, 6.45) is 1.46. The Kier molecular flexibility index (Phi) is 3.38. The lowest BCUT2D eigenvalue weighted by Gasteiger charge is -2.22. The van der Waals surface area contributed by atoms with Crippen molar-refractivity contribution < 1.29 is 8.42 Å². The molecule has 6 heteroatoms. The van der Waals surface area contributed by atoms with Crippen LogP contribution in [0.1, 0.15) is 18.5 Å². The first-order valence-corrected chi connectivity index (χ1v) is 7.73. The largest absolute Gasteiger partial charge is 0.308 e. The third-order valence-electron chi connectivity index (χ3n) is 2.61. The number of nitrogens with zero attached hydrogens (tertiary/aromatic N) is 1. The lowest BCUT2D eigenvalue weighted by atomic mass is 10.1. The Labute approximate surface area is 93.7 Å². The molecule has 1 fully saturated rings. The van der Waals surface area contributed by atoms with Crippen molar-refractivity contribution >= 4 is 21.2 Å². The Morgan fingerprint density at radius 3 is 2.80 bits per heavy atom. The number of thiazole rings is 1. The van der Waals surface area contributed by atoms with E-state index in [4.69, 9.17) is 0 Å². The van der Waals surface area contributed by atoms with Gasteiger partial charge in [0, 0.05) is 18.0 Å². The van der Waals surface area contributed by atoms with Crippen LogP contribution in [0.15, 0.2) is 10.9 Å². The van der Waals surface area contributed by atoms with Crippen LogP contribution in [0.25, 0.3) is 0 Å². The molecule has 2 heterocycles. The van der Waals surface area contributed by atoms with Crippen LogP contribution in [-0.2, 0) is 16.4 Å². The molecule has 0 atom stereocenters. The van der Waals surface area contributed by atoms with Gasteiger partial charge >= 0.3 is 0 Å². The Morgan fingerprint density at radius 2 is 2.20 bits per heavy atom. The predicted molar refractivity (Wildman–Crippen MR) is 60.6 cm³/mol. The zero-order chi connectivity index (χ0) is 10.7. The summed E-state index contributed by atoms with van der Waals surface area (Å²) in [4.78, 5) is 4.17. The van der Waals surface area contributed by atoms with Crippen LogP contribution in [0, 0.1) is 0 Å². The summed E-state index contributed by atoms with van der Waals surface area (Å²) in [6, 6.07) is 0.329. The molecular weight excluding hydrogens is 232 g/mol. The first-order valence-electron chi connectivity index (χ1n) is 4.96. The van der Waals surface area contributed by atoms with E-state index in [0.717, 1.165) is 25.1 Å². The van der Waals surface area contributed by atoms with Gasteiger partial charge in [-0.3, -0.25) is 0 Å². The first-order chi connectivity index (χ1) is 7.16.